The number of allylic oxidation sites excluding steroid dienone is 4. The Labute approximate surface area is 176 Å². The summed E-state index contributed by atoms with van der Waals surface area (Å²) in [6.45, 7) is 13.6. The van der Waals surface area contributed by atoms with Gasteiger partial charge in [-0.25, -0.2) is 0 Å². The SMILES string of the molecule is CC.CC(C)(C)OC(=O)CCCN1CCC2(CC1)COC1=CC=C=CC=C12.CO. The minimum atomic E-state index is -0.391. The number of fused-ring (bicyclic) bond motifs is 2. The van der Waals surface area contributed by atoms with Crippen molar-refractivity contribution in [1.29, 1.82) is 0 Å². The molecule has 1 spiro atoms. The molecular formula is C24H39NO4. The van der Waals surface area contributed by atoms with Crippen LogP contribution < -0.4 is 0 Å². The fraction of sp³-hybridized carbons (Fsp3) is 0.667. The van der Waals surface area contributed by atoms with Crippen molar-refractivity contribution in [2.45, 2.75) is 65.9 Å². The number of hydrogen-bond acceptors (Lipinski definition) is 5. The molecular weight excluding hydrogens is 366 g/mol. The number of ether oxygens (including phenoxy) is 2. The Morgan fingerprint density at radius 3 is 2.45 bits per heavy atom. The summed E-state index contributed by atoms with van der Waals surface area (Å²) < 4.78 is 11.3. The molecule has 3 aliphatic rings. The molecule has 0 atom stereocenters. The van der Waals surface area contributed by atoms with Gasteiger partial charge in [-0.3, -0.25) is 4.79 Å². The van der Waals surface area contributed by atoms with Crippen LogP contribution in [0.15, 0.2) is 41.4 Å². The Balaban J connectivity index is 0.000000989. The third-order valence-corrected chi connectivity index (χ3v) is 5.11. The van der Waals surface area contributed by atoms with E-state index in [1.54, 1.807) is 0 Å². The monoisotopic (exact) mass is 405 g/mol. The molecule has 5 heteroatoms. The van der Waals surface area contributed by atoms with Crippen LogP contribution >= 0.6 is 0 Å². The number of carbonyl (C=O) groups is 1. The Kier molecular flexibility index (Phi) is 10.5. The van der Waals surface area contributed by atoms with Gasteiger partial charge in [-0.2, -0.15) is 0 Å². The van der Waals surface area contributed by atoms with E-state index in [0.29, 0.717) is 6.42 Å². The summed E-state index contributed by atoms with van der Waals surface area (Å²) in [4.78, 5) is 14.3. The van der Waals surface area contributed by atoms with Crippen LogP contribution in [0.25, 0.3) is 0 Å². The molecule has 0 aromatic heterocycles. The predicted molar refractivity (Wildman–Crippen MR) is 117 cm³/mol. The zero-order valence-electron chi connectivity index (χ0n) is 19.1. The van der Waals surface area contributed by atoms with E-state index in [-0.39, 0.29) is 11.4 Å². The molecule has 1 aliphatic carbocycles. The predicted octanol–water partition coefficient (Wildman–Crippen LogP) is 4.39. The largest absolute Gasteiger partial charge is 0.492 e. The maximum absolute atomic E-state index is 11.8. The highest BCUT2D eigenvalue weighted by atomic mass is 16.6. The van der Waals surface area contributed by atoms with Crippen LogP contribution in [0.5, 0.6) is 0 Å². The number of piperidine rings is 1. The average Bonchev–Trinajstić information content (AvgIpc) is 2.87. The number of carbonyl (C=O) groups excluding carboxylic acids is 1. The van der Waals surface area contributed by atoms with Crippen LogP contribution in [0.4, 0.5) is 0 Å². The lowest BCUT2D eigenvalue weighted by Gasteiger charge is -2.38. The molecule has 1 N–H and O–H groups in total. The van der Waals surface area contributed by atoms with Crippen LogP contribution in [-0.4, -0.2) is 54.9 Å². The van der Waals surface area contributed by atoms with Crippen molar-refractivity contribution in [3.8, 4) is 0 Å². The summed E-state index contributed by atoms with van der Waals surface area (Å²) in [5.74, 6) is 0.919. The van der Waals surface area contributed by atoms with Crippen molar-refractivity contribution < 1.29 is 19.4 Å². The number of nitrogens with zero attached hydrogens (tertiary/aromatic N) is 1. The molecule has 2 aliphatic heterocycles. The van der Waals surface area contributed by atoms with E-state index in [1.165, 1.54) is 5.57 Å². The van der Waals surface area contributed by atoms with Crippen LogP contribution in [0.1, 0.15) is 60.3 Å². The Morgan fingerprint density at radius 1 is 1.21 bits per heavy atom. The lowest BCUT2D eigenvalue weighted by molar-refractivity contribution is -0.155. The van der Waals surface area contributed by atoms with Gasteiger partial charge in [0.1, 0.15) is 11.4 Å². The standard InChI is InChI=1S/C21H29NO3.C2H6.CH4O/c1-20(2,3)25-19(23)10-7-13-22-14-11-21(12-15-22)16-24-18-9-6-4-5-8-17(18)21;2*1-2/h5-6,8-9H,7,10-16H2,1-3H3;1-2H3;2H,1H3. The molecule has 2 heterocycles. The summed E-state index contributed by atoms with van der Waals surface area (Å²) in [6, 6.07) is 0. The number of hydrogen-bond donors (Lipinski definition) is 1. The fourth-order valence-electron chi connectivity index (χ4n) is 3.80. The molecule has 0 bridgehead atoms. The highest BCUT2D eigenvalue weighted by Crippen LogP contribution is 2.48. The molecule has 0 aromatic carbocycles. The maximum atomic E-state index is 11.8. The number of rotatable bonds is 4. The van der Waals surface area contributed by atoms with E-state index in [1.807, 2.05) is 52.8 Å². The van der Waals surface area contributed by atoms with E-state index in [2.05, 4.69) is 16.7 Å². The van der Waals surface area contributed by atoms with Gasteiger partial charge in [-0.15, -0.1) is 5.73 Å². The van der Waals surface area contributed by atoms with Crippen LogP contribution in [-0.2, 0) is 14.3 Å². The smallest absolute Gasteiger partial charge is 0.306 e. The minimum absolute atomic E-state index is 0.0946. The third kappa shape index (κ3) is 7.50. The first-order valence-corrected chi connectivity index (χ1v) is 10.7. The molecule has 2 fully saturated rings. The molecule has 2 saturated heterocycles. The minimum Gasteiger partial charge on any atom is -0.492 e. The van der Waals surface area contributed by atoms with Gasteiger partial charge in [0, 0.05) is 24.5 Å². The van der Waals surface area contributed by atoms with E-state index >= 15 is 0 Å². The normalized spacial score (nSPS) is 19.4. The van der Waals surface area contributed by atoms with E-state index < -0.39 is 5.60 Å². The maximum Gasteiger partial charge on any atom is 0.306 e. The summed E-state index contributed by atoms with van der Waals surface area (Å²) in [5, 5.41) is 7.00. The third-order valence-electron chi connectivity index (χ3n) is 5.11. The van der Waals surface area contributed by atoms with Crippen molar-refractivity contribution in [3.63, 3.8) is 0 Å². The van der Waals surface area contributed by atoms with Crippen molar-refractivity contribution in [3.05, 3.63) is 41.4 Å². The van der Waals surface area contributed by atoms with Crippen molar-refractivity contribution >= 4 is 5.97 Å². The van der Waals surface area contributed by atoms with E-state index in [0.717, 1.165) is 58.4 Å². The van der Waals surface area contributed by atoms with Gasteiger partial charge in [0.2, 0.25) is 0 Å². The van der Waals surface area contributed by atoms with Gasteiger partial charge in [0.05, 0.1) is 6.61 Å². The van der Waals surface area contributed by atoms with Gasteiger partial charge in [0.15, 0.2) is 0 Å². The van der Waals surface area contributed by atoms with Gasteiger partial charge < -0.3 is 19.5 Å². The van der Waals surface area contributed by atoms with Gasteiger partial charge >= 0.3 is 5.97 Å². The quantitative estimate of drug-likeness (QED) is 0.555. The second-order valence-electron chi connectivity index (χ2n) is 8.21. The molecule has 0 saturated carbocycles. The average molecular weight is 406 g/mol. The first-order chi connectivity index (χ1) is 13.9. The van der Waals surface area contributed by atoms with Crippen molar-refractivity contribution in [2.24, 2.45) is 5.41 Å². The zero-order valence-corrected chi connectivity index (χ0v) is 19.1. The summed E-state index contributed by atoms with van der Waals surface area (Å²) >= 11 is 0. The molecule has 164 valence electrons. The molecule has 0 amide bonds. The Hall–Kier alpha value is -1.81. The van der Waals surface area contributed by atoms with Gasteiger partial charge in [-0.05, 0) is 84.0 Å². The fourth-order valence-corrected chi connectivity index (χ4v) is 3.80. The molecule has 0 aromatic rings. The summed E-state index contributed by atoms with van der Waals surface area (Å²) in [5.41, 5.74) is 4.23. The zero-order chi connectivity index (χ0) is 21.9. The summed E-state index contributed by atoms with van der Waals surface area (Å²) in [7, 11) is 1.00. The lowest BCUT2D eigenvalue weighted by atomic mass is 9.73. The van der Waals surface area contributed by atoms with E-state index in [4.69, 9.17) is 14.6 Å². The second kappa shape index (κ2) is 12.0. The molecule has 5 nitrogen and oxygen atoms in total. The molecule has 29 heavy (non-hydrogen) atoms. The van der Waals surface area contributed by atoms with E-state index in [9.17, 15) is 4.79 Å². The van der Waals surface area contributed by atoms with Gasteiger partial charge in [-0.1, -0.05) is 13.8 Å². The molecule has 3 rings (SSSR count). The number of likely N-dealkylation sites (tertiary alicyclic amines) is 1. The van der Waals surface area contributed by atoms with Crippen molar-refractivity contribution in [2.75, 3.05) is 33.4 Å². The van der Waals surface area contributed by atoms with Crippen LogP contribution in [0.2, 0.25) is 0 Å². The molecule has 0 unspecified atom stereocenters. The lowest BCUT2D eigenvalue weighted by Crippen LogP contribution is -2.41. The first kappa shape index (κ1) is 25.2. The van der Waals surface area contributed by atoms with Crippen molar-refractivity contribution in [1.82, 2.24) is 4.90 Å². The second-order valence-corrected chi connectivity index (χ2v) is 8.21. The number of aliphatic hydroxyl groups is 1. The number of esters is 1. The highest BCUT2D eigenvalue weighted by molar-refractivity contribution is 5.69. The topological polar surface area (TPSA) is 59.0 Å². The Morgan fingerprint density at radius 2 is 1.83 bits per heavy atom. The first-order valence-electron chi connectivity index (χ1n) is 10.7. The number of aliphatic hydroxyl groups excluding tert-OH is 1. The Bertz CT molecular complexity index is 640. The molecule has 0 radical (unpaired) electrons. The summed E-state index contributed by atoms with van der Waals surface area (Å²) in [6.07, 6.45) is 11.7. The van der Waals surface area contributed by atoms with Gasteiger partial charge in [0.25, 0.3) is 0 Å². The highest BCUT2D eigenvalue weighted by Gasteiger charge is 2.44. The van der Waals surface area contributed by atoms with Crippen LogP contribution in [0, 0.1) is 5.41 Å². The van der Waals surface area contributed by atoms with Crippen LogP contribution in [0.3, 0.4) is 0 Å².